The van der Waals surface area contributed by atoms with Crippen LogP contribution in [-0.2, 0) is 16.1 Å². The summed E-state index contributed by atoms with van der Waals surface area (Å²) in [4.78, 5) is 27.3. The molecular formula is C19H16ClNO3S. The lowest BCUT2D eigenvalue weighted by atomic mass is 10.1. The van der Waals surface area contributed by atoms with Crippen LogP contribution < -0.4 is 0 Å². The minimum absolute atomic E-state index is 0.0672. The first-order chi connectivity index (χ1) is 12.1. The first-order valence-corrected chi connectivity index (χ1v) is 9.12. The molecule has 25 heavy (non-hydrogen) atoms. The normalized spacial score (nSPS) is 14.6. The van der Waals surface area contributed by atoms with Gasteiger partial charge in [0.15, 0.2) is 0 Å². The molecule has 3 rings (SSSR count). The lowest BCUT2D eigenvalue weighted by Gasteiger charge is -2.15. The number of rotatable bonds is 6. The Morgan fingerprint density at radius 2 is 1.64 bits per heavy atom. The molecule has 0 saturated carbocycles. The Morgan fingerprint density at radius 3 is 2.28 bits per heavy atom. The molecule has 0 bridgehead atoms. The number of carbonyl (C=O) groups excluding carboxylic acids is 2. The highest BCUT2D eigenvalue weighted by Crippen LogP contribution is 2.36. The summed E-state index contributed by atoms with van der Waals surface area (Å²) in [5.41, 5.74) is 1.91. The Labute approximate surface area is 155 Å². The van der Waals surface area contributed by atoms with Gasteiger partial charge >= 0.3 is 0 Å². The predicted octanol–water partition coefficient (Wildman–Crippen LogP) is 3.35. The highest BCUT2D eigenvalue weighted by atomic mass is 35.5. The zero-order valence-corrected chi connectivity index (χ0v) is 14.9. The second-order valence-electron chi connectivity index (χ2n) is 5.47. The van der Waals surface area contributed by atoms with Gasteiger partial charge in [0.1, 0.15) is 0 Å². The molecule has 128 valence electrons. The minimum atomic E-state index is -0.323. The van der Waals surface area contributed by atoms with Crippen molar-refractivity contribution in [3.8, 4) is 0 Å². The third kappa shape index (κ3) is 3.79. The van der Waals surface area contributed by atoms with Gasteiger partial charge in [0.25, 0.3) is 11.8 Å². The maximum atomic E-state index is 12.9. The summed E-state index contributed by atoms with van der Waals surface area (Å²) in [7, 11) is 0. The van der Waals surface area contributed by atoms with Gasteiger partial charge < -0.3 is 5.11 Å². The van der Waals surface area contributed by atoms with Gasteiger partial charge in [0.2, 0.25) is 0 Å². The number of imide groups is 1. The van der Waals surface area contributed by atoms with E-state index in [0.717, 1.165) is 5.56 Å². The maximum absolute atomic E-state index is 12.9. The first kappa shape index (κ1) is 17.7. The monoisotopic (exact) mass is 373 g/mol. The van der Waals surface area contributed by atoms with E-state index in [0.29, 0.717) is 26.8 Å². The molecule has 2 amide bonds. The van der Waals surface area contributed by atoms with Crippen LogP contribution in [-0.4, -0.2) is 34.2 Å². The molecule has 0 aromatic heterocycles. The fourth-order valence-corrected chi connectivity index (χ4v) is 3.62. The summed E-state index contributed by atoms with van der Waals surface area (Å²) in [5, 5.41) is 9.66. The number of nitrogens with zero attached hydrogens (tertiary/aromatic N) is 1. The van der Waals surface area contributed by atoms with Gasteiger partial charge in [-0.3, -0.25) is 14.5 Å². The molecule has 1 aliphatic heterocycles. The van der Waals surface area contributed by atoms with Crippen molar-refractivity contribution in [3.63, 3.8) is 0 Å². The largest absolute Gasteiger partial charge is 0.396 e. The summed E-state index contributed by atoms with van der Waals surface area (Å²) < 4.78 is 0. The zero-order valence-electron chi connectivity index (χ0n) is 13.3. The number of aliphatic hydroxyl groups is 1. The number of hydrogen-bond acceptors (Lipinski definition) is 4. The minimum Gasteiger partial charge on any atom is -0.396 e. The lowest BCUT2D eigenvalue weighted by molar-refractivity contribution is -0.137. The number of benzene rings is 2. The van der Waals surface area contributed by atoms with Gasteiger partial charge in [-0.1, -0.05) is 54.1 Å². The summed E-state index contributed by atoms with van der Waals surface area (Å²) in [6.07, 6.45) is 0. The number of halogens is 1. The van der Waals surface area contributed by atoms with Crippen LogP contribution in [0.3, 0.4) is 0 Å². The number of aliphatic hydroxyl groups excluding tert-OH is 1. The summed E-state index contributed by atoms with van der Waals surface area (Å²) >= 11 is 7.12. The van der Waals surface area contributed by atoms with E-state index in [4.69, 9.17) is 16.7 Å². The van der Waals surface area contributed by atoms with Crippen LogP contribution in [0.25, 0.3) is 5.57 Å². The summed E-state index contributed by atoms with van der Waals surface area (Å²) in [5.74, 6) is -0.293. The van der Waals surface area contributed by atoms with Gasteiger partial charge in [-0.15, -0.1) is 11.8 Å². The van der Waals surface area contributed by atoms with Crippen LogP contribution >= 0.6 is 23.4 Å². The Morgan fingerprint density at radius 1 is 0.960 bits per heavy atom. The van der Waals surface area contributed by atoms with Gasteiger partial charge in [0.05, 0.1) is 23.6 Å². The average Bonchev–Trinajstić information content (AvgIpc) is 2.86. The SMILES string of the molecule is O=C1C(SCCO)=C(c2ccc(Cl)cc2)C(=O)N1Cc1ccccc1. The zero-order chi connectivity index (χ0) is 17.8. The molecule has 0 fully saturated rings. The topological polar surface area (TPSA) is 57.6 Å². The molecule has 0 saturated heterocycles. The Bertz CT molecular complexity index is 818. The van der Waals surface area contributed by atoms with Crippen molar-refractivity contribution in [3.05, 3.63) is 75.7 Å². The Kier molecular flexibility index (Phi) is 5.58. The van der Waals surface area contributed by atoms with Gasteiger partial charge in [-0.25, -0.2) is 0 Å². The molecule has 0 atom stereocenters. The third-order valence-electron chi connectivity index (χ3n) is 3.78. The van der Waals surface area contributed by atoms with E-state index < -0.39 is 0 Å². The van der Waals surface area contributed by atoms with Crippen molar-refractivity contribution in [1.29, 1.82) is 0 Å². The highest BCUT2D eigenvalue weighted by Gasteiger charge is 2.38. The van der Waals surface area contributed by atoms with E-state index in [-0.39, 0.29) is 25.0 Å². The molecular weight excluding hydrogens is 358 g/mol. The second kappa shape index (κ2) is 7.87. The van der Waals surface area contributed by atoms with Gasteiger partial charge in [0, 0.05) is 10.8 Å². The van der Waals surface area contributed by atoms with Crippen molar-refractivity contribution in [2.45, 2.75) is 6.54 Å². The van der Waals surface area contributed by atoms with E-state index in [1.165, 1.54) is 16.7 Å². The summed E-state index contributed by atoms with van der Waals surface area (Å²) in [6.45, 7) is 0.154. The van der Waals surface area contributed by atoms with Crippen LogP contribution in [0.5, 0.6) is 0 Å². The first-order valence-electron chi connectivity index (χ1n) is 7.76. The van der Waals surface area contributed by atoms with Crippen LogP contribution in [0.1, 0.15) is 11.1 Å². The Balaban J connectivity index is 1.96. The molecule has 2 aromatic carbocycles. The fourth-order valence-electron chi connectivity index (χ4n) is 2.62. The molecule has 0 unspecified atom stereocenters. The molecule has 0 aliphatic carbocycles. The van der Waals surface area contributed by atoms with E-state index in [9.17, 15) is 9.59 Å². The molecule has 1 aliphatic rings. The average molecular weight is 374 g/mol. The van der Waals surface area contributed by atoms with E-state index >= 15 is 0 Å². The molecule has 1 heterocycles. The van der Waals surface area contributed by atoms with Gasteiger partial charge in [-0.2, -0.15) is 0 Å². The smallest absolute Gasteiger partial charge is 0.268 e. The van der Waals surface area contributed by atoms with Crippen LogP contribution in [0.2, 0.25) is 5.02 Å². The van der Waals surface area contributed by atoms with E-state index in [2.05, 4.69) is 0 Å². The quantitative estimate of drug-likeness (QED) is 0.789. The molecule has 4 nitrogen and oxygen atoms in total. The van der Waals surface area contributed by atoms with Crippen molar-refractivity contribution < 1.29 is 14.7 Å². The van der Waals surface area contributed by atoms with Crippen molar-refractivity contribution >= 4 is 40.8 Å². The lowest BCUT2D eigenvalue weighted by Crippen LogP contribution is -2.30. The van der Waals surface area contributed by atoms with Gasteiger partial charge in [-0.05, 0) is 23.3 Å². The standard InChI is InChI=1S/C19H16ClNO3S/c20-15-8-6-14(7-9-15)16-17(25-11-10-22)19(24)21(18(16)23)12-13-4-2-1-3-5-13/h1-9,22H,10-12H2. The van der Waals surface area contributed by atoms with Crippen molar-refractivity contribution in [1.82, 2.24) is 4.90 Å². The number of thioether (sulfide) groups is 1. The fraction of sp³-hybridized carbons (Fsp3) is 0.158. The predicted molar refractivity (Wildman–Crippen MR) is 99.9 cm³/mol. The number of carbonyl (C=O) groups is 2. The Hall–Kier alpha value is -2.08. The number of hydrogen-bond donors (Lipinski definition) is 1. The number of amides is 2. The summed E-state index contributed by atoms with van der Waals surface area (Å²) in [6, 6.07) is 16.2. The van der Waals surface area contributed by atoms with Crippen molar-refractivity contribution in [2.24, 2.45) is 0 Å². The highest BCUT2D eigenvalue weighted by molar-refractivity contribution is 8.04. The molecule has 2 aromatic rings. The molecule has 0 radical (unpaired) electrons. The molecule has 6 heteroatoms. The van der Waals surface area contributed by atoms with Crippen LogP contribution in [0, 0.1) is 0 Å². The van der Waals surface area contributed by atoms with Crippen LogP contribution in [0.15, 0.2) is 59.5 Å². The van der Waals surface area contributed by atoms with Crippen molar-refractivity contribution in [2.75, 3.05) is 12.4 Å². The third-order valence-corrected chi connectivity index (χ3v) is 5.09. The van der Waals surface area contributed by atoms with E-state index in [1.54, 1.807) is 24.3 Å². The maximum Gasteiger partial charge on any atom is 0.268 e. The molecule has 1 N–H and O–H groups in total. The van der Waals surface area contributed by atoms with E-state index in [1.807, 2.05) is 30.3 Å². The van der Waals surface area contributed by atoms with Crippen LogP contribution in [0.4, 0.5) is 0 Å². The second-order valence-corrected chi connectivity index (χ2v) is 7.01. The molecule has 0 spiro atoms.